The number of aromatic nitrogens is 1. The van der Waals surface area contributed by atoms with E-state index in [1.165, 1.54) is 40.2 Å². The van der Waals surface area contributed by atoms with E-state index in [4.69, 9.17) is 33.1 Å². The molecule has 2 aromatic carbocycles. The number of esters is 1. The van der Waals surface area contributed by atoms with Crippen LogP contribution < -0.4 is 20.4 Å². The third-order valence-corrected chi connectivity index (χ3v) is 13.5. The first kappa shape index (κ1) is 47.9. The quantitative estimate of drug-likeness (QED) is 0.104. The van der Waals surface area contributed by atoms with Gasteiger partial charge >= 0.3 is 11.8 Å². The minimum Gasteiger partial charge on any atom is -0.507 e. The molecule has 1 fully saturated rings. The number of nitrogens with zero attached hydrogens (tertiary/aromatic N) is 3. The fraction of sp³-hybridized carbons (Fsp3) is 0.490. The standard InChI is InChI=1S/C49H60N4O13/c1-23-13-12-14-24(2)48(60)51-39-42(58)35-34(38-46(39)65-33-22-30(21-31(55)37(33)50-38)53-18-16-52(9)17-19-53)36-45(28(6)41(35)57)66-49(8,47(36)59)63-20-15-32(61-10)25(3)44(64-29(7)54)27(5)40(56)26(4)43(23)62-11/h12-15,20-23,25-27,32,40,43-44,55-57H,16-19H2,1-11H3,(H,51,60)/b13-12+,20-15+,24-14-/t23-,25+,26-,27+,32-,40+,43-,44+,49-/m0/s1. The zero-order chi connectivity index (χ0) is 48.1. The number of allylic oxidation sites excluding steroid dienone is 2. The number of phenolic OH excluding ortho intramolecular Hbond substituents is 2. The topological polar surface area (TPSA) is 220 Å². The van der Waals surface area contributed by atoms with Crippen molar-refractivity contribution in [2.75, 3.05) is 57.7 Å². The van der Waals surface area contributed by atoms with Crippen LogP contribution in [-0.4, -0.2) is 121 Å². The summed E-state index contributed by atoms with van der Waals surface area (Å²) in [7, 11) is 5.03. The van der Waals surface area contributed by atoms with Crippen molar-refractivity contribution in [2.24, 2.45) is 23.7 Å². The summed E-state index contributed by atoms with van der Waals surface area (Å²) in [5.74, 6) is -7.08. The summed E-state index contributed by atoms with van der Waals surface area (Å²) in [6.07, 6.45) is 4.62. The van der Waals surface area contributed by atoms with Crippen LogP contribution in [0, 0.1) is 30.6 Å². The number of likely N-dealkylation sites (N-methyl/N-ethyl adjacent to an activating group) is 1. The molecule has 354 valence electrons. The van der Waals surface area contributed by atoms with Crippen molar-refractivity contribution in [3.05, 3.63) is 69.6 Å². The second-order valence-corrected chi connectivity index (χ2v) is 18.0. The third kappa shape index (κ3) is 8.60. The number of aromatic hydroxyl groups is 2. The normalized spacial score (nSPS) is 29.9. The fourth-order valence-corrected chi connectivity index (χ4v) is 9.54. The van der Waals surface area contributed by atoms with Crippen LogP contribution in [0.5, 0.6) is 17.2 Å². The number of aliphatic hydroxyl groups excluding tert-OH is 1. The number of piperazine rings is 1. The number of aliphatic hydroxyl groups is 1. The molecule has 5 bridgehead atoms. The first-order chi connectivity index (χ1) is 31.2. The molecular formula is C49H60N4O13. The van der Waals surface area contributed by atoms with Crippen LogP contribution in [0.1, 0.15) is 64.4 Å². The van der Waals surface area contributed by atoms with Gasteiger partial charge in [0.25, 0.3) is 11.7 Å². The highest BCUT2D eigenvalue weighted by Gasteiger charge is 2.50. The van der Waals surface area contributed by atoms with Gasteiger partial charge in [-0.3, -0.25) is 19.2 Å². The number of Topliss-reactive ketones (excluding diaryl/α,β-unsaturated/α-hetero) is 1. The number of nitrogens with one attached hydrogen (secondary N) is 1. The molecule has 0 unspecified atom stereocenters. The van der Waals surface area contributed by atoms with E-state index in [-0.39, 0.29) is 73.1 Å². The molecule has 5 heterocycles. The number of carbonyl (C=O) groups excluding carboxylic acids is 3. The number of rotatable bonds is 4. The zero-order valence-electron chi connectivity index (χ0n) is 39.3. The van der Waals surface area contributed by atoms with Gasteiger partial charge in [0.2, 0.25) is 5.43 Å². The average molecular weight is 913 g/mol. The van der Waals surface area contributed by atoms with E-state index < -0.39 is 76.8 Å². The summed E-state index contributed by atoms with van der Waals surface area (Å²) in [5.41, 5.74) is -0.515. The first-order valence-electron chi connectivity index (χ1n) is 22.1. The van der Waals surface area contributed by atoms with Crippen LogP contribution in [0.25, 0.3) is 33.3 Å². The molecule has 8 rings (SSSR count). The molecule has 6 aliphatic rings. The maximum atomic E-state index is 14.9. The largest absolute Gasteiger partial charge is 0.507 e. The van der Waals surface area contributed by atoms with Crippen molar-refractivity contribution in [1.82, 2.24) is 9.88 Å². The summed E-state index contributed by atoms with van der Waals surface area (Å²) < 4.78 is 36.4. The number of hydrogen-bond donors (Lipinski definition) is 4. The SMILES string of the molecule is CO[C@@H]1[C@@H](C)[C@@H](O)[C@@H](C)[C@H](OC(C)=O)[C@H](C)[C@@H](OC)/C=C/O[C@@]2(C)Oc3c(C)c(O)c4c(=O)c(c5oc6cc(N7CCN(C)CC7)cc(O)c6nc-5c4c3C2=O)NC(=O)/C(C)=C\C=C\[C@@H]1C. The fourth-order valence-electron chi connectivity index (χ4n) is 9.54. The highest BCUT2D eigenvalue weighted by atomic mass is 16.7. The zero-order valence-corrected chi connectivity index (χ0v) is 39.3. The Bertz CT molecular complexity index is 2680. The van der Waals surface area contributed by atoms with Gasteiger partial charge in [0.05, 0.1) is 35.5 Å². The molecule has 2 aromatic rings. The van der Waals surface area contributed by atoms with E-state index in [1.54, 1.807) is 52.2 Å². The Morgan fingerprint density at radius 3 is 2.27 bits per heavy atom. The second-order valence-electron chi connectivity index (χ2n) is 18.0. The van der Waals surface area contributed by atoms with E-state index in [0.717, 1.165) is 13.1 Å². The molecule has 0 aromatic heterocycles. The highest BCUT2D eigenvalue weighted by Crippen LogP contribution is 2.51. The molecule has 1 amide bonds. The summed E-state index contributed by atoms with van der Waals surface area (Å²) in [6, 6.07) is 3.26. The molecule has 1 aliphatic carbocycles. The van der Waals surface area contributed by atoms with Crippen LogP contribution >= 0.6 is 0 Å². The lowest BCUT2D eigenvalue weighted by atomic mass is 9.78. The van der Waals surface area contributed by atoms with Crippen molar-refractivity contribution in [3.8, 4) is 28.7 Å². The van der Waals surface area contributed by atoms with Gasteiger partial charge in [-0.1, -0.05) is 45.9 Å². The smallest absolute Gasteiger partial charge is 0.312 e. The lowest BCUT2D eigenvalue weighted by molar-refractivity contribution is -0.161. The lowest BCUT2D eigenvalue weighted by Gasteiger charge is -2.38. The Labute approximate surface area is 382 Å². The second kappa shape index (κ2) is 18.7. The van der Waals surface area contributed by atoms with Gasteiger partial charge < -0.3 is 58.5 Å². The number of benzene rings is 3. The first-order valence-corrected chi connectivity index (χ1v) is 22.1. The Kier molecular flexibility index (Phi) is 13.6. The summed E-state index contributed by atoms with van der Waals surface area (Å²) in [5, 5.41) is 37.4. The molecule has 17 heteroatoms. The molecular weight excluding hydrogens is 853 g/mol. The number of fused-ring (bicyclic) bond motifs is 14. The number of carbonyl (C=O) groups is 3. The van der Waals surface area contributed by atoms with Crippen LogP contribution in [-0.2, 0) is 28.5 Å². The van der Waals surface area contributed by atoms with E-state index in [1.807, 2.05) is 27.0 Å². The molecule has 0 spiro atoms. The minimum absolute atomic E-state index is 0.000483. The number of ketones is 1. The van der Waals surface area contributed by atoms with E-state index in [2.05, 4.69) is 15.1 Å². The Hall–Kier alpha value is -6.01. The number of methoxy groups -OCH3 is 2. The van der Waals surface area contributed by atoms with Crippen molar-refractivity contribution < 1.29 is 57.8 Å². The van der Waals surface area contributed by atoms with Crippen LogP contribution in [0.4, 0.5) is 11.4 Å². The van der Waals surface area contributed by atoms with E-state index >= 15 is 0 Å². The Balaban J connectivity index is 1.45. The molecule has 0 saturated carbocycles. The number of anilines is 2. The maximum Gasteiger partial charge on any atom is 0.312 e. The van der Waals surface area contributed by atoms with Crippen molar-refractivity contribution in [1.29, 1.82) is 0 Å². The summed E-state index contributed by atoms with van der Waals surface area (Å²) >= 11 is 0. The third-order valence-electron chi connectivity index (χ3n) is 13.5. The molecule has 5 aliphatic heterocycles. The Morgan fingerprint density at radius 1 is 0.939 bits per heavy atom. The highest BCUT2D eigenvalue weighted by molar-refractivity contribution is 6.22. The van der Waals surface area contributed by atoms with Gasteiger partial charge in [-0.25, -0.2) is 4.98 Å². The molecule has 9 atom stereocenters. The number of amides is 1. The predicted molar refractivity (Wildman–Crippen MR) is 247 cm³/mol. The molecule has 4 N–H and O–H groups in total. The van der Waals surface area contributed by atoms with Crippen molar-refractivity contribution in [3.63, 3.8) is 0 Å². The van der Waals surface area contributed by atoms with Gasteiger partial charge in [0.1, 0.15) is 40.3 Å². The van der Waals surface area contributed by atoms with Gasteiger partial charge in [0.15, 0.2) is 11.3 Å². The van der Waals surface area contributed by atoms with Crippen molar-refractivity contribution in [2.45, 2.75) is 85.6 Å². The maximum absolute atomic E-state index is 14.9. The van der Waals surface area contributed by atoms with E-state index in [0.29, 0.717) is 18.8 Å². The lowest BCUT2D eigenvalue weighted by Crippen LogP contribution is -2.47. The van der Waals surface area contributed by atoms with Gasteiger partial charge in [-0.05, 0) is 27.0 Å². The Morgan fingerprint density at radius 2 is 1.62 bits per heavy atom. The number of hydrogen-bond acceptors (Lipinski definition) is 16. The average Bonchev–Trinajstić information content (AvgIpc) is 3.54. The number of ether oxygens (including phenoxy) is 5. The van der Waals surface area contributed by atoms with Gasteiger partial charge in [-0.2, -0.15) is 0 Å². The predicted octanol–water partition coefficient (Wildman–Crippen LogP) is 6.06. The van der Waals surface area contributed by atoms with Crippen LogP contribution in [0.2, 0.25) is 0 Å². The molecule has 0 radical (unpaired) electrons. The van der Waals surface area contributed by atoms with Crippen LogP contribution in [0.3, 0.4) is 0 Å². The minimum atomic E-state index is -2.06. The monoisotopic (exact) mass is 912 g/mol. The molecule has 1 saturated heterocycles. The van der Waals surface area contributed by atoms with Crippen LogP contribution in [0.15, 0.2) is 57.5 Å². The molecule has 66 heavy (non-hydrogen) atoms. The summed E-state index contributed by atoms with van der Waals surface area (Å²) in [6.45, 7) is 15.9. The van der Waals surface area contributed by atoms with Crippen molar-refractivity contribution >= 4 is 50.9 Å². The number of phenols is 2. The molecule has 17 nitrogen and oxygen atoms in total. The van der Waals surface area contributed by atoms with E-state index in [9.17, 15) is 34.5 Å². The summed E-state index contributed by atoms with van der Waals surface area (Å²) in [4.78, 5) is 65.3. The van der Waals surface area contributed by atoms with Gasteiger partial charge in [0, 0.05) is 112 Å². The van der Waals surface area contributed by atoms with Gasteiger partial charge in [-0.15, -0.1) is 0 Å².